The second-order valence-corrected chi connectivity index (χ2v) is 8.74. The van der Waals surface area contributed by atoms with Gasteiger partial charge < -0.3 is 15.2 Å². The van der Waals surface area contributed by atoms with Crippen LogP contribution in [0.15, 0.2) is 24.7 Å². The maximum absolute atomic E-state index is 11.9. The molecule has 3 N–H and O–H groups in total. The van der Waals surface area contributed by atoms with Crippen LogP contribution < -0.4 is 10.1 Å². The second kappa shape index (κ2) is 6.94. The minimum Gasteiger partial charge on any atom is -0.494 e. The molecule has 0 bridgehead atoms. The molecule has 3 aromatic heterocycles. The molecule has 0 saturated heterocycles. The SMILES string of the molecule is CC[C@]1(C(=O)O)CCc2c(sc3ncnc(Nc4cc5cn[nH]c5cc4OC)c23)C1. The van der Waals surface area contributed by atoms with Crippen molar-refractivity contribution in [1.29, 1.82) is 0 Å². The molecule has 5 rings (SSSR count). The maximum Gasteiger partial charge on any atom is 0.309 e. The zero-order valence-electron chi connectivity index (χ0n) is 16.7. The fourth-order valence-corrected chi connectivity index (χ4v) is 5.63. The van der Waals surface area contributed by atoms with Gasteiger partial charge in [-0.1, -0.05) is 6.92 Å². The third-order valence-electron chi connectivity index (χ3n) is 6.17. The number of carboxylic acids is 1. The fraction of sp³-hybridized carbons (Fsp3) is 0.333. The third-order valence-corrected chi connectivity index (χ3v) is 7.31. The number of aryl methyl sites for hydroxylation is 1. The first-order chi connectivity index (χ1) is 14.5. The van der Waals surface area contributed by atoms with E-state index in [0.717, 1.165) is 37.2 Å². The van der Waals surface area contributed by atoms with Gasteiger partial charge in [0.15, 0.2) is 0 Å². The first-order valence-electron chi connectivity index (χ1n) is 9.81. The van der Waals surface area contributed by atoms with Crippen LogP contribution in [-0.4, -0.2) is 38.4 Å². The summed E-state index contributed by atoms with van der Waals surface area (Å²) in [6.07, 6.45) is 5.79. The Balaban J connectivity index is 1.60. The molecule has 0 fully saturated rings. The average molecular weight is 423 g/mol. The molecule has 0 unspecified atom stereocenters. The van der Waals surface area contributed by atoms with Gasteiger partial charge in [0.05, 0.1) is 35.3 Å². The number of anilines is 2. The molecular formula is C21H21N5O3S. The zero-order valence-corrected chi connectivity index (χ0v) is 17.5. The molecule has 1 aromatic carbocycles. The number of nitrogens with zero attached hydrogens (tertiary/aromatic N) is 3. The van der Waals surface area contributed by atoms with Gasteiger partial charge in [0.25, 0.3) is 0 Å². The molecule has 0 radical (unpaired) electrons. The number of benzene rings is 1. The Morgan fingerprint density at radius 3 is 3.03 bits per heavy atom. The van der Waals surface area contributed by atoms with Crippen LogP contribution in [-0.2, 0) is 17.6 Å². The van der Waals surface area contributed by atoms with Crippen LogP contribution in [0.1, 0.15) is 30.2 Å². The number of rotatable bonds is 5. The highest BCUT2D eigenvalue weighted by Crippen LogP contribution is 2.46. The third kappa shape index (κ3) is 2.80. The summed E-state index contributed by atoms with van der Waals surface area (Å²) in [4.78, 5) is 22.9. The molecule has 9 heteroatoms. The van der Waals surface area contributed by atoms with Gasteiger partial charge in [-0.25, -0.2) is 9.97 Å². The summed E-state index contributed by atoms with van der Waals surface area (Å²) < 4.78 is 5.55. The van der Waals surface area contributed by atoms with Crippen LogP contribution in [0.4, 0.5) is 11.5 Å². The number of hydrogen-bond acceptors (Lipinski definition) is 7. The van der Waals surface area contributed by atoms with E-state index in [1.807, 2.05) is 19.1 Å². The molecule has 0 spiro atoms. The van der Waals surface area contributed by atoms with Crippen molar-refractivity contribution in [3.63, 3.8) is 0 Å². The van der Waals surface area contributed by atoms with E-state index in [2.05, 4.69) is 25.5 Å². The predicted molar refractivity (Wildman–Crippen MR) is 116 cm³/mol. The number of carboxylic acid groups (broad SMARTS) is 1. The van der Waals surface area contributed by atoms with Gasteiger partial charge in [-0.3, -0.25) is 9.89 Å². The lowest BCUT2D eigenvalue weighted by Gasteiger charge is -2.32. The lowest BCUT2D eigenvalue weighted by Crippen LogP contribution is -2.35. The number of hydrogen-bond donors (Lipinski definition) is 3. The van der Waals surface area contributed by atoms with E-state index in [9.17, 15) is 9.90 Å². The Kier molecular flexibility index (Phi) is 4.35. The molecule has 4 aromatic rings. The van der Waals surface area contributed by atoms with Crippen LogP contribution in [0.2, 0.25) is 0 Å². The van der Waals surface area contributed by atoms with Crippen LogP contribution >= 0.6 is 11.3 Å². The van der Waals surface area contributed by atoms with Gasteiger partial charge in [0, 0.05) is 16.3 Å². The minimum absolute atomic E-state index is 0.541. The summed E-state index contributed by atoms with van der Waals surface area (Å²) in [6, 6.07) is 3.87. The van der Waals surface area contributed by atoms with Gasteiger partial charge >= 0.3 is 5.97 Å². The van der Waals surface area contributed by atoms with Crippen molar-refractivity contribution in [3.8, 4) is 5.75 Å². The number of carbonyl (C=O) groups is 1. The second-order valence-electron chi connectivity index (χ2n) is 7.66. The standard InChI is InChI=1S/C21H21N5O3S/c1-3-21(20(27)28)5-4-12-16(8-21)30-19-17(12)18(22-10-23-19)25-14-6-11-9-24-26-13(11)7-15(14)29-2/h6-7,9-10H,3-5,8H2,1-2H3,(H,24,26)(H,27,28)(H,22,23,25)/t21-/m0/s1. The number of fused-ring (bicyclic) bond motifs is 4. The van der Waals surface area contributed by atoms with Crippen molar-refractivity contribution in [2.75, 3.05) is 12.4 Å². The average Bonchev–Trinajstić information content (AvgIpc) is 3.36. The summed E-state index contributed by atoms with van der Waals surface area (Å²) in [5.41, 5.74) is 2.15. The normalized spacial score (nSPS) is 18.5. The summed E-state index contributed by atoms with van der Waals surface area (Å²) >= 11 is 1.57. The molecule has 0 amide bonds. The molecule has 30 heavy (non-hydrogen) atoms. The van der Waals surface area contributed by atoms with Gasteiger partial charge in [-0.05, 0) is 37.3 Å². The van der Waals surface area contributed by atoms with Crippen molar-refractivity contribution in [1.82, 2.24) is 20.2 Å². The highest BCUT2D eigenvalue weighted by atomic mass is 32.1. The van der Waals surface area contributed by atoms with Gasteiger partial charge in [0.1, 0.15) is 22.7 Å². The van der Waals surface area contributed by atoms with Crippen LogP contribution in [0, 0.1) is 5.41 Å². The molecule has 1 aliphatic rings. The maximum atomic E-state index is 11.9. The molecule has 0 aliphatic heterocycles. The minimum atomic E-state index is -0.712. The first-order valence-corrected chi connectivity index (χ1v) is 10.6. The Bertz CT molecular complexity index is 1280. The van der Waals surface area contributed by atoms with E-state index in [-0.39, 0.29) is 0 Å². The number of thiophene rings is 1. The van der Waals surface area contributed by atoms with E-state index < -0.39 is 11.4 Å². The zero-order chi connectivity index (χ0) is 20.9. The van der Waals surface area contributed by atoms with Gasteiger partial charge in [-0.15, -0.1) is 11.3 Å². The molecule has 0 saturated carbocycles. The highest BCUT2D eigenvalue weighted by molar-refractivity contribution is 7.19. The van der Waals surface area contributed by atoms with Crippen LogP contribution in [0.3, 0.4) is 0 Å². The lowest BCUT2D eigenvalue weighted by atomic mass is 9.72. The van der Waals surface area contributed by atoms with E-state index in [1.165, 1.54) is 0 Å². The summed E-state index contributed by atoms with van der Waals surface area (Å²) in [6.45, 7) is 1.96. The summed E-state index contributed by atoms with van der Waals surface area (Å²) in [7, 11) is 1.63. The topological polar surface area (TPSA) is 113 Å². The number of nitrogens with one attached hydrogen (secondary N) is 2. The number of ether oxygens (including phenoxy) is 1. The van der Waals surface area contributed by atoms with E-state index >= 15 is 0 Å². The van der Waals surface area contributed by atoms with Gasteiger partial charge in [-0.2, -0.15) is 5.10 Å². The number of aromatic nitrogens is 4. The summed E-state index contributed by atoms with van der Waals surface area (Å²) in [5, 5.41) is 22.2. The molecule has 1 aliphatic carbocycles. The Hall–Kier alpha value is -3.20. The number of H-pyrrole nitrogens is 1. The highest BCUT2D eigenvalue weighted by Gasteiger charge is 2.41. The molecular weight excluding hydrogens is 402 g/mol. The largest absolute Gasteiger partial charge is 0.494 e. The molecule has 8 nitrogen and oxygen atoms in total. The summed E-state index contributed by atoms with van der Waals surface area (Å²) in [5.74, 6) is 0.673. The molecule has 154 valence electrons. The van der Waals surface area contributed by atoms with Crippen molar-refractivity contribution >= 4 is 49.9 Å². The molecule has 1 atom stereocenters. The van der Waals surface area contributed by atoms with Gasteiger partial charge in [0.2, 0.25) is 0 Å². The first kappa shape index (κ1) is 18.8. The van der Waals surface area contributed by atoms with Crippen molar-refractivity contribution in [2.24, 2.45) is 5.41 Å². The van der Waals surface area contributed by atoms with E-state index in [1.54, 1.807) is 31.0 Å². The van der Waals surface area contributed by atoms with Crippen LogP contribution in [0.25, 0.3) is 21.1 Å². The van der Waals surface area contributed by atoms with Crippen molar-refractivity contribution < 1.29 is 14.6 Å². The number of methoxy groups -OCH3 is 1. The quantitative estimate of drug-likeness (QED) is 0.439. The number of aliphatic carboxylic acids is 1. The Morgan fingerprint density at radius 2 is 2.27 bits per heavy atom. The Morgan fingerprint density at radius 1 is 1.40 bits per heavy atom. The van der Waals surface area contributed by atoms with Crippen molar-refractivity contribution in [2.45, 2.75) is 32.6 Å². The van der Waals surface area contributed by atoms with E-state index in [4.69, 9.17) is 4.74 Å². The molecule has 3 heterocycles. The number of aromatic amines is 1. The van der Waals surface area contributed by atoms with Crippen LogP contribution in [0.5, 0.6) is 5.75 Å². The fourth-order valence-electron chi connectivity index (χ4n) is 4.30. The predicted octanol–water partition coefficient (Wildman–Crippen LogP) is 4.29. The Labute approximate surface area is 176 Å². The smallest absolute Gasteiger partial charge is 0.309 e. The lowest BCUT2D eigenvalue weighted by molar-refractivity contribution is -0.149. The van der Waals surface area contributed by atoms with E-state index in [0.29, 0.717) is 37.3 Å². The van der Waals surface area contributed by atoms with Crippen molar-refractivity contribution in [3.05, 3.63) is 35.1 Å². The monoisotopic (exact) mass is 423 g/mol.